The number of thiazole rings is 1. The van der Waals surface area contributed by atoms with E-state index in [2.05, 4.69) is 149 Å². The number of aromatic nitrogens is 1. The Morgan fingerprint density at radius 1 is 0.705 bits per heavy atom. The molecule has 4 aromatic carbocycles. The normalized spacial score (nSPS) is 16.7. The molecular formula is C40H37N2S2+. The molecule has 218 valence electrons. The van der Waals surface area contributed by atoms with Crippen LogP contribution in [0.4, 0.5) is 5.69 Å². The highest BCUT2D eigenvalue weighted by Gasteiger charge is 2.24. The summed E-state index contributed by atoms with van der Waals surface area (Å²) >= 11 is 3.78. The van der Waals surface area contributed by atoms with Crippen molar-refractivity contribution >= 4 is 45.1 Å². The molecular weight excluding hydrogens is 573 g/mol. The Bertz CT molecular complexity index is 1860. The van der Waals surface area contributed by atoms with E-state index in [1.165, 1.54) is 59.5 Å². The van der Waals surface area contributed by atoms with Crippen molar-refractivity contribution in [1.29, 1.82) is 0 Å². The molecule has 0 bridgehead atoms. The summed E-state index contributed by atoms with van der Waals surface area (Å²) in [6.07, 6.45) is 17.3. The van der Waals surface area contributed by atoms with Gasteiger partial charge < -0.3 is 4.90 Å². The number of fused-ring (bicyclic) bond motifs is 2. The maximum absolute atomic E-state index is 2.49. The van der Waals surface area contributed by atoms with E-state index in [4.69, 9.17) is 0 Å². The molecule has 2 heterocycles. The summed E-state index contributed by atoms with van der Waals surface area (Å²) in [6.45, 7) is 1.96. The van der Waals surface area contributed by atoms with Crippen molar-refractivity contribution in [1.82, 2.24) is 0 Å². The van der Waals surface area contributed by atoms with Crippen molar-refractivity contribution in [2.24, 2.45) is 0 Å². The van der Waals surface area contributed by atoms with Crippen LogP contribution in [0.25, 0.3) is 16.3 Å². The fourth-order valence-corrected chi connectivity index (χ4v) is 8.27. The molecule has 44 heavy (non-hydrogen) atoms. The van der Waals surface area contributed by atoms with Gasteiger partial charge in [-0.1, -0.05) is 126 Å². The highest BCUT2D eigenvalue weighted by molar-refractivity contribution is 8.03. The van der Waals surface area contributed by atoms with Gasteiger partial charge in [-0.2, -0.15) is 4.57 Å². The molecule has 0 saturated carbocycles. The number of benzene rings is 4. The Balaban J connectivity index is 1.10. The second-order valence-electron chi connectivity index (χ2n) is 11.4. The Kier molecular flexibility index (Phi) is 8.90. The molecule has 2 nitrogen and oxygen atoms in total. The largest absolute Gasteiger partial charge is 0.335 e. The van der Waals surface area contributed by atoms with Crippen molar-refractivity contribution in [2.45, 2.75) is 43.5 Å². The summed E-state index contributed by atoms with van der Waals surface area (Å²) in [4.78, 5) is 3.84. The van der Waals surface area contributed by atoms with Gasteiger partial charge >= 0.3 is 0 Å². The highest BCUT2D eigenvalue weighted by atomic mass is 32.2. The molecule has 7 rings (SSSR count). The van der Waals surface area contributed by atoms with Crippen LogP contribution in [0, 0.1) is 0 Å². The van der Waals surface area contributed by atoms with Gasteiger partial charge in [-0.15, -0.1) is 0 Å². The van der Waals surface area contributed by atoms with Crippen LogP contribution in [0.1, 0.15) is 35.4 Å². The zero-order valence-corrected chi connectivity index (χ0v) is 26.6. The molecule has 0 saturated heterocycles. The second-order valence-corrected chi connectivity index (χ2v) is 13.5. The fraction of sp³-hybridized carbons (Fsp3) is 0.175. The molecule has 5 aromatic rings. The maximum Gasteiger partial charge on any atom is 0.262 e. The van der Waals surface area contributed by atoms with E-state index in [0.29, 0.717) is 0 Å². The van der Waals surface area contributed by atoms with Crippen LogP contribution in [-0.4, -0.2) is 6.54 Å². The third-order valence-corrected chi connectivity index (χ3v) is 10.7. The SMILES string of the molecule is C1=C(/C=C/c2sc3ccccc3[n+]2CCc2ccccc2)CCC/C1=C\C=C1/Sc2ccccc2N1CCc1ccccc1. The first-order valence-electron chi connectivity index (χ1n) is 15.6. The van der Waals surface area contributed by atoms with Gasteiger partial charge in [0.25, 0.3) is 5.01 Å². The zero-order chi connectivity index (χ0) is 29.6. The van der Waals surface area contributed by atoms with E-state index < -0.39 is 0 Å². The summed E-state index contributed by atoms with van der Waals surface area (Å²) in [5.41, 5.74) is 8.24. The number of rotatable bonds is 9. The van der Waals surface area contributed by atoms with E-state index in [-0.39, 0.29) is 0 Å². The fourth-order valence-electron chi connectivity index (χ4n) is 6.08. The lowest BCUT2D eigenvalue weighted by atomic mass is 9.94. The molecule has 0 spiro atoms. The molecule has 0 unspecified atom stereocenters. The summed E-state index contributed by atoms with van der Waals surface area (Å²) in [5.74, 6) is 0. The van der Waals surface area contributed by atoms with Gasteiger partial charge in [0.2, 0.25) is 5.52 Å². The highest BCUT2D eigenvalue weighted by Crippen LogP contribution is 2.46. The monoisotopic (exact) mass is 609 g/mol. The molecule has 0 amide bonds. The van der Waals surface area contributed by atoms with Gasteiger partial charge in [-0.25, -0.2) is 0 Å². The van der Waals surface area contributed by atoms with E-state index in [9.17, 15) is 0 Å². The van der Waals surface area contributed by atoms with Crippen LogP contribution in [0.15, 0.2) is 155 Å². The standard InChI is InChI=1S/C40H37N2S2/c1-3-12-31(13-4-1)26-28-41-35-18-7-9-20-37(35)43-39(41)24-22-33-16-11-17-34(30-33)23-25-40-42(29-27-32-14-5-2-6-15-32)36-19-8-10-21-38(36)44-40/h1-10,12-15,18-25,30H,11,16-17,26-29H2/q+1. The molecule has 0 fully saturated rings. The van der Waals surface area contributed by atoms with E-state index in [1.807, 2.05) is 23.1 Å². The van der Waals surface area contributed by atoms with Gasteiger partial charge in [0.1, 0.15) is 4.70 Å². The maximum atomic E-state index is 2.49. The van der Waals surface area contributed by atoms with E-state index in [1.54, 1.807) is 0 Å². The Labute approximate surface area is 269 Å². The Hall–Kier alpha value is -4.12. The molecule has 4 heteroatoms. The minimum atomic E-state index is 0.978. The number of hydrogen-bond acceptors (Lipinski definition) is 3. The average Bonchev–Trinajstić information content (AvgIpc) is 3.63. The molecule has 0 radical (unpaired) electrons. The summed E-state index contributed by atoms with van der Waals surface area (Å²) in [7, 11) is 0. The third kappa shape index (κ3) is 6.67. The first kappa shape index (κ1) is 28.6. The minimum absolute atomic E-state index is 0.978. The lowest BCUT2D eigenvalue weighted by Crippen LogP contribution is -2.36. The Morgan fingerprint density at radius 2 is 1.43 bits per heavy atom. The van der Waals surface area contributed by atoms with Crippen LogP contribution >= 0.6 is 23.1 Å². The van der Waals surface area contributed by atoms with E-state index >= 15 is 0 Å². The Morgan fingerprint density at radius 3 is 2.27 bits per heavy atom. The lowest BCUT2D eigenvalue weighted by molar-refractivity contribution is -0.668. The summed E-state index contributed by atoms with van der Waals surface area (Å²) in [6, 6.07) is 39.2. The predicted octanol–water partition coefficient (Wildman–Crippen LogP) is 10.2. The number of thioether (sulfide) groups is 1. The number of hydrogen-bond donors (Lipinski definition) is 0. The molecule has 0 N–H and O–H groups in total. The number of aryl methyl sites for hydroxylation is 2. The third-order valence-electron chi connectivity index (χ3n) is 8.39. The topological polar surface area (TPSA) is 7.12 Å². The minimum Gasteiger partial charge on any atom is -0.335 e. The quantitative estimate of drug-likeness (QED) is 0.154. The van der Waals surface area contributed by atoms with Crippen molar-refractivity contribution in [3.05, 3.63) is 166 Å². The van der Waals surface area contributed by atoms with Crippen LogP contribution in [0.3, 0.4) is 0 Å². The van der Waals surface area contributed by atoms with Gasteiger partial charge in [0.15, 0.2) is 6.54 Å². The zero-order valence-electron chi connectivity index (χ0n) is 24.9. The summed E-state index contributed by atoms with van der Waals surface area (Å²) in [5, 5.41) is 2.63. The van der Waals surface area contributed by atoms with Crippen molar-refractivity contribution in [2.75, 3.05) is 11.4 Å². The molecule has 2 aliphatic rings. The molecule has 1 aromatic heterocycles. The summed E-state index contributed by atoms with van der Waals surface area (Å²) < 4.78 is 3.84. The number of para-hydroxylation sites is 2. The number of nitrogens with zero attached hydrogens (tertiary/aromatic N) is 2. The van der Waals surface area contributed by atoms with Crippen LogP contribution in [-0.2, 0) is 19.4 Å². The first-order chi connectivity index (χ1) is 21.8. The van der Waals surface area contributed by atoms with Crippen LogP contribution < -0.4 is 9.47 Å². The molecule has 1 aliphatic heterocycles. The number of anilines is 1. The van der Waals surface area contributed by atoms with E-state index in [0.717, 1.165) is 38.8 Å². The van der Waals surface area contributed by atoms with Crippen LogP contribution in [0.2, 0.25) is 0 Å². The smallest absolute Gasteiger partial charge is 0.262 e. The van der Waals surface area contributed by atoms with Crippen LogP contribution in [0.5, 0.6) is 0 Å². The van der Waals surface area contributed by atoms with Gasteiger partial charge in [-0.05, 0) is 72.2 Å². The van der Waals surface area contributed by atoms with Gasteiger partial charge in [-0.3, -0.25) is 0 Å². The average molecular weight is 610 g/mol. The van der Waals surface area contributed by atoms with Gasteiger partial charge in [0.05, 0.1) is 10.7 Å². The number of allylic oxidation sites excluding steroid dienone is 6. The first-order valence-corrected chi connectivity index (χ1v) is 17.3. The lowest BCUT2D eigenvalue weighted by Gasteiger charge is -2.20. The molecule has 0 atom stereocenters. The van der Waals surface area contributed by atoms with Crippen molar-refractivity contribution in [3.8, 4) is 0 Å². The second kappa shape index (κ2) is 13.7. The van der Waals surface area contributed by atoms with Crippen molar-refractivity contribution in [3.63, 3.8) is 0 Å². The van der Waals surface area contributed by atoms with Crippen molar-refractivity contribution < 1.29 is 4.57 Å². The molecule has 1 aliphatic carbocycles. The van der Waals surface area contributed by atoms with Gasteiger partial charge in [0, 0.05) is 30.0 Å². The predicted molar refractivity (Wildman–Crippen MR) is 189 cm³/mol.